The van der Waals surface area contributed by atoms with Gasteiger partial charge in [0, 0.05) is 42.2 Å². The summed E-state index contributed by atoms with van der Waals surface area (Å²) < 4.78 is 61.3. The molecule has 3 aromatic rings. The van der Waals surface area contributed by atoms with Gasteiger partial charge in [-0.2, -0.15) is 13.2 Å². The van der Waals surface area contributed by atoms with Crippen molar-refractivity contribution in [2.24, 2.45) is 5.41 Å². The zero-order valence-electron chi connectivity index (χ0n) is 25.5. The van der Waals surface area contributed by atoms with E-state index in [-0.39, 0.29) is 16.9 Å². The number of aromatic nitrogens is 3. The summed E-state index contributed by atoms with van der Waals surface area (Å²) in [4.78, 5) is 15.9. The predicted octanol–water partition coefficient (Wildman–Crippen LogP) is 6.88. The lowest BCUT2D eigenvalue weighted by Gasteiger charge is -2.37. The summed E-state index contributed by atoms with van der Waals surface area (Å²) in [6, 6.07) is 5.83. The molecule has 0 amide bonds. The van der Waals surface area contributed by atoms with Crippen LogP contribution in [0.1, 0.15) is 105 Å². The second-order valence-electron chi connectivity index (χ2n) is 13.4. The molecule has 7 nitrogen and oxygen atoms in total. The number of aliphatic hydroxyl groups excluding tert-OH is 1. The lowest BCUT2D eigenvalue weighted by molar-refractivity contribution is -0.137. The van der Waals surface area contributed by atoms with Gasteiger partial charge in [-0.25, -0.2) is 14.4 Å². The highest BCUT2D eigenvalue weighted by Gasteiger charge is 2.36. The Balaban J connectivity index is 1.36. The van der Waals surface area contributed by atoms with Crippen LogP contribution in [0.15, 0.2) is 42.7 Å². The summed E-state index contributed by atoms with van der Waals surface area (Å²) in [5.74, 6) is 0.971. The van der Waals surface area contributed by atoms with Gasteiger partial charge in [0.1, 0.15) is 0 Å². The molecule has 1 aliphatic heterocycles. The van der Waals surface area contributed by atoms with Gasteiger partial charge in [0.15, 0.2) is 11.9 Å². The second-order valence-corrected chi connectivity index (χ2v) is 13.4. The molecule has 0 bridgehead atoms. The number of ether oxygens (including phenoxy) is 1. The first-order valence-electron chi connectivity index (χ1n) is 15.0. The Bertz CT molecular complexity index is 1430. The smallest absolute Gasteiger partial charge is 0.416 e. The summed E-state index contributed by atoms with van der Waals surface area (Å²) >= 11 is 0. The highest BCUT2D eigenvalue weighted by Crippen LogP contribution is 2.44. The third kappa shape index (κ3) is 7.48. The molecule has 1 aliphatic carbocycles. The molecule has 2 atom stereocenters. The molecule has 1 saturated heterocycles. The lowest BCUT2D eigenvalue weighted by Crippen LogP contribution is -2.35. The van der Waals surface area contributed by atoms with Crippen LogP contribution in [0.5, 0.6) is 5.75 Å². The Labute approximate surface area is 255 Å². The highest BCUT2D eigenvalue weighted by molar-refractivity contribution is 5.43. The number of halogens is 4. The molecule has 2 aromatic heterocycles. The Hall–Kier alpha value is -3.31. The molecule has 5 rings (SSSR count). The van der Waals surface area contributed by atoms with Gasteiger partial charge in [0.2, 0.25) is 5.95 Å². The van der Waals surface area contributed by atoms with E-state index in [1.807, 2.05) is 4.90 Å². The molecule has 3 heterocycles. The summed E-state index contributed by atoms with van der Waals surface area (Å²) in [6.07, 6.45) is -0.875. The van der Waals surface area contributed by atoms with E-state index in [1.165, 1.54) is 12.1 Å². The number of piperidine rings is 1. The molecule has 1 fully saturated rings. The Kier molecular flexibility index (Phi) is 8.92. The van der Waals surface area contributed by atoms with Crippen LogP contribution in [0.2, 0.25) is 0 Å². The van der Waals surface area contributed by atoms with E-state index in [0.29, 0.717) is 80.3 Å². The van der Waals surface area contributed by atoms with E-state index >= 15 is 4.39 Å². The van der Waals surface area contributed by atoms with E-state index < -0.39 is 29.6 Å². The fourth-order valence-corrected chi connectivity index (χ4v) is 6.06. The minimum atomic E-state index is -4.51. The normalized spacial score (nSPS) is 19.9. The number of fused-ring (bicyclic) bond motifs is 1. The summed E-state index contributed by atoms with van der Waals surface area (Å²) in [7, 11) is 0. The van der Waals surface area contributed by atoms with Crippen molar-refractivity contribution in [3.05, 3.63) is 76.4 Å². The van der Waals surface area contributed by atoms with E-state index in [9.17, 15) is 23.4 Å². The highest BCUT2D eigenvalue weighted by atomic mass is 19.4. The maximum Gasteiger partial charge on any atom is 0.416 e. The molecule has 0 saturated carbocycles. The number of nitrogens with zero attached hydrogens (tertiary/aromatic N) is 4. The third-order valence-corrected chi connectivity index (χ3v) is 8.51. The monoisotopic (exact) mass is 616 g/mol. The first-order valence-corrected chi connectivity index (χ1v) is 15.0. The van der Waals surface area contributed by atoms with Crippen molar-refractivity contribution in [2.75, 3.05) is 24.6 Å². The zero-order chi connectivity index (χ0) is 31.9. The second kappa shape index (κ2) is 12.2. The van der Waals surface area contributed by atoms with Crippen LogP contribution in [0.25, 0.3) is 0 Å². The Morgan fingerprint density at radius 2 is 1.70 bits per heavy atom. The maximum absolute atomic E-state index is 16.2. The number of anilines is 1. The topological polar surface area (TPSA) is 91.6 Å². The minimum absolute atomic E-state index is 0.0918. The van der Waals surface area contributed by atoms with Crippen LogP contribution in [0.4, 0.5) is 23.5 Å². The molecular formula is C33H40F4N4O3. The average Bonchev–Trinajstić information content (AvgIpc) is 2.95. The van der Waals surface area contributed by atoms with Crippen molar-refractivity contribution in [3.63, 3.8) is 0 Å². The fourth-order valence-electron chi connectivity index (χ4n) is 6.06. The number of benzene rings is 1. The Morgan fingerprint density at radius 3 is 2.30 bits per heavy atom. The molecule has 44 heavy (non-hydrogen) atoms. The van der Waals surface area contributed by atoms with Crippen molar-refractivity contribution in [3.8, 4) is 5.75 Å². The fraction of sp³-hybridized carbons (Fsp3) is 0.545. The lowest BCUT2D eigenvalue weighted by atomic mass is 9.74. The molecule has 0 spiro atoms. The van der Waals surface area contributed by atoms with Crippen LogP contribution < -0.4 is 9.64 Å². The van der Waals surface area contributed by atoms with Gasteiger partial charge in [0.25, 0.3) is 0 Å². The van der Waals surface area contributed by atoms with Crippen LogP contribution in [0, 0.1) is 5.41 Å². The first kappa shape index (κ1) is 32.1. The molecule has 238 valence electrons. The molecule has 0 radical (unpaired) electrons. The minimum Gasteiger partial charge on any atom is -0.490 e. The van der Waals surface area contributed by atoms with Crippen LogP contribution >= 0.6 is 0 Å². The molecule has 2 aliphatic rings. The van der Waals surface area contributed by atoms with Gasteiger partial charge >= 0.3 is 6.18 Å². The van der Waals surface area contributed by atoms with E-state index in [0.717, 1.165) is 17.8 Å². The summed E-state index contributed by atoms with van der Waals surface area (Å²) in [6.45, 7) is 9.11. The average molecular weight is 617 g/mol. The third-order valence-electron chi connectivity index (χ3n) is 8.51. The van der Waals surface area contributed by atoms with Crippen LogP contribution in [-0.2, 0) is 12.6 Å². The largest absolute Gasteiger partial charge is 0.490 e. The van der Waals surface area contributed by atoms with Crippen molar-refractivity contribution in [1.29, 1.82) is 0 Å². The number of pyridine rings is 1. The van der Waals surface area contributed by atoms with E-state index in [1.54, 1.807) is 32.3 Å². The van der Waals surface area contributed by atoms with E-state index in [2.05, 4.69) is 23.8 Å². The van der Waals surface area contributed by atoms with Gasteiger partial charge in [-0.15, -0.1) is 0 Å². The number of rotatable bonds is 8. The molecule has 11 heteroatoms. The zero-order valence-corrected chi connectivity index (χ0v) is 25.5. The molecule has 2 N–H and O–H groups in total. The molecular weight excluding hydrogens is 576 g/mol. The van der Waals surface area contributed by atoms with E-state index in [4.69, 9.17) is 9.72 Å². The van der Waals surface area contributed by atoms with Crippen molar-refractivity contribution in [1.82, 2.24) is 15.0 Å². The van der Waals surface area contributed by atoms with Gasteiger partial charge in [-0.1, -0.05) is 26.0 Å². The molecule has 1 aromatic carbocycles. The first-order chi connectivity index (χ1) is 20.6. The number of hydrogen-bond donors (Lipinski definition) is 2. The van der Waals surface area contributed by atoms with Crippen LogP contribution in [0.3, 0.4) is 0 Å². The standard InChI is InChI=1S/C33H40F4N4O3/c1-31(2)16-26-24(27(42)17-31)15-25(28(34)20-5-7-22(8-6-20)33(35,36)37)29(40-26)21-9-12-41(13-10-21)30-38-18-23(19-39-30)44-14-11-32(3,4)43/h5-8,15,18-19,21,27-28,42-43H,9-14,16-17H2,1-4H3/t27?,28-/m0/s1. The SMILES string of the molecule is CC(C)(O)CCOc1cnc(N2CCC(c3nc4c(cc3[C@@H](F)c3ccc(C(F)(F)F)cc3)C(O)CC(C)(C)C4)CC2)nc1. The number of alkyl halides is 4. The van der Waals surface area contributed by atoms with Crippen molar-refractivity contribution >= 4 is 5.95 Å². The van der Waals surface area contributed by atoms with Crippen molar-refractivity contribution < 1.29 is 32.5 Å². The predicted molar refractivity (Wildman–Crippen MR) is 158 cm³/mol. The van der Waals surface area contributed by atoms with Crippen LogP contribution in [-0.4, -0.2) is 50.5 Å². The number of hydrogen-bond acceptors (Lipinski definition) is 7. The van der Waals surface area contributed by atoms with Gasteiger partial charge in [0.05, 0.1) is 42.0 Å². The Morgan fingerprint density at radius 1 is 1.07 bits per heavy atom. The molecule has 1 unspecified atom stereocenters. The quantitative estimate of drug-likeness (QED) is 0.267. The summed E-state index contributed by atoms with van der Waals surface area (Å²) in [5.41, 5.74) is 0.507. The number of aliphatic hydroxyl groups is 2. The summed E-state index contributed by atoms with van der Waals surface area (Å²) in [5, 5.41) is 20.8. The van der Waals surface area contributed by atoms with Gasteiger partial charge < -0.3 is 19.8 Å². The maximum atomic E-state index is 16.2. The van der Waals surface area contributed by atoms with Gasteiger partial charge in [-0.05, 0) is 68.7 Å². The van der Waals surface area contributed by atoms with Gasteiger partial charge in [-0.3, -0.25) is 4.98 Å². The van der Waals surface area contributed by atoms with Crippen molar-refractivity contribution in [2.45, 2.75) is 89.8 Å².